The fraction of sp³-hybridized carbons (Fsp3) is 0.593. The molecule has 0 atom stereocenters. The molecule has 1 aliphatic carbocycles. The molecule has 0 saturated heterocycles. The molecule has 1 aliphatic heterocycles. The van der Waals surface area contributed by atoms with E-state index in [1.807, 2.05) is 31.4 Å². The van der Waals surface area contributed by atoms with Gasteiger partial charge in [0.15, 0.2) is 12.4 Å². The summed E-state index contributed by atoms with van der Waals surface area (Å²) in [6.07, 6.45) is 5.47. The molecule has 37 heavy (non-hydrogen) atoms. The molecule has 0 bridgehead atoms. The van der Waals surface area contributed by atoms with E-state index in [9.17, 15) is 18.0 Å². The Morgan fingerprint density at radius 1 is 1.14 bits per heavy atom. The van der Waals surface area contributed by atoms with Crippen molar-refractivity contribution in [3.05, 3.63) is 40.5 Å². The van der Waals surface area contributed by atoms with Crippen LogP contribution in [0, 0.1) is 11.8 Å². The van der Waals surface area contributed by atoms with Crippen LogP contribution in [-0.2, 0) is 19.9 Å². The van der Waals surface area contributed by atoms with Crippen LogP contribution in [0.15, 0.2) is 24.4 Å². The largest absolute Gasteiger partial charge is 0.460 e. The van der Waals surface area contributed by atoms with Crippen LogP contribution in [-0.4, -0.2) is 57.9 Å². The lowest BCUT2D eigenvalue weighted by Crippen LogP contribution is -2.29. The van der Waals surface area contributed by atoms with Crippen LogP contribution in [0.5, 0.6) is 5.19 Å². The Labute approximate surface area is 218 Å². The summed E-state index contributed by atoms with van der Waals surface area (Å²) in [6, 6.07) is 5.81. The Balaban J connectivity index is 1.03. The van der Waals surface area contributed by atoms with Crippen LogP contribution in [0.4, 0.5) is 13.2 Å². The second-order valence-corrected chi connectivity index (χ2v) is 11.5. The van der Waals surface area contributed by atoms with Crippen LogP contribution < -0.4 is 4.74 Å². The quantitative estimate of drug-likeness (QED) is 0.340. The van der Waals surface area contributed by atoms with E-state index in [1.54, 1.807) is 4.68 Å². The number of thiazole rings is 1. The summed E-state index contributed by atoms with van der Waals surface area (Å²) >= 11 is 1.25. The molecule has 1 aromatic carbocycles. The molecule has 0 amide bonds. The first kappa shape index (κ1) is 26.2. The van der Waals surface area contributed by atoms with Crippen LogP contribution in [0.3, 0.4) is 0 Å². The monoisotopic (exact) mass is 534 g/mol. The molecule has 0 radical (unpaired) electrons. The highest BCUT2D eigenvalue weighted by Gasteiger charge is 2.30. The molecule has 1 saturated carbocycles. The predicted molar refractivity (Wildman–Crippen MR) is 137 cm³/mol. The first-order valence-corrected chi connectivity index (χ1v) is 13.9. The van der Waals surface area contributed by atoms with E-state index in [-0.39, 0.29) is 11.0 Å². The summed E-state index contributed by atoms with van der Waals surface area (Å²) < 4.78 is 43.8. The van der Waals surface area contributed by atoms with Crippen molar-refractivity contribution in [3.8, 4) is 5.19 Å². The summed E-state index contributed by atoms with van der Waals surface area (Å²) in [6.45, 7) is 1.52. The average Bonchev–Trinajstić information content (AvgIpc) is 3.38. The topological polar surface area (TPSA) is 60.2 Å². The summed E-state index contributed by atoms with van der Waals surface area (Å²) in [4.78, 5) is 20.7. The van der Waals surface area contributed by atoms with Crippen molar-refractivity contribution in [2.24, 2.45) is 18.9 Å². The maximum atomic E-state index is 12.9. The fourth-order valence-corrected chi connectivity index (χ4v) is 6.54. The molecule has 0 N–H and O–H groups in total. The van der Waals surface area contributed by atoms with E-state index in [4.69, 9.17) is 4.74 Å². The number of halogens is 3. The zero-order chi connectivity index (χ0) is 26.0. The lowest BCUT2D eigenvalue weighted by molar-refractivity contribution is -0.153. The molecule has 6 nitrogen and oxygen atoms in total. The van der Waals surface area contributed by atoms with Crippen molar-refractivity contribution in [2.45, 2.75) is 57.5 Å². The number of ether oxygens (including phenoxy) is 1. The van der Waals surface area contributed by atoms with E-state index >= 15 is 0 Å². The highest BCUT2D eigenvalue weighted by Crippen LogP contribution is 2.34. The number of aryl methyl sites for hydroxylation is 1. The van der Waals surface area contributed by atoms with Crippen molar-refractivity contribution in [3.63, 3.8) is 0 Å². The molecule has 1 fully saturated rings. The molecule has 10 heteroatoms. The van der Waals surface area contributed by atoms with Gasteiger partial charge in [0.05, 0.1) is 11.2 Å². The van der Waals surface area contributed by atoms with Gasteiger partial charge in [0.25, 0.3) is 5.19 Å². The summed E-state index contributed by atoms with van der Waals surface area (Å²) in [5.41, 5.74) is 2.51. The minimum absolute atomic E-state index is 0.128. The van der Waals surface area contributed by atoms with Crippen molar-refractivity contribution in [1.82, 2.24) is 19.7 Å². The van der Waals surface area contributed by atoms with Crippen LogP contribution in [0.2, 0.25) is 0 Å². The summed E-state index contributed by atoms with van der Waals surface area (Å²) in [7, 11) is 1.89. The minimum Gasteiger partial charge on any atom is -0.460 e. The fourth-order valence-electron chi connectivity index (χ4n) is 5.60. The lowest BCUT2D eigenvalue weighted by Gasteiger charge is -2.30. The number of carbonyl (C=O) groups excluding carboxylic acids is 1. The highest BCUT2D eigenvalue weighted by atomic mass is 32.1. The van der Waals surface area contributed by atoms with Crippen molar-refractivity contribution < 1.29 is 22.7 Å². The molecule has 5 rings (SSSR count). The third-order valence-corrected chi connectivity index (χ3v) is 8.75. The molecule has 0 spiro atoms. The van der Waals surface area contributed by atoms with Crippen LogP contribution >= 0.6 is 11.3 Å². The van der Waals surface area contributed by atoms with Crippen molar-refractivity contribution >= 4 is 28.0 Å². The Morgan fingerprint density at radius 3 is 2.68 bits per heavy atom. The number of rotatable bonds is 8. The molecular weight excluding hydrogens is 501 g/mol. The van der Waals surface area contributed by atoms with Gasteiger partial charge in [0, 0.05) is 55.0 Å². The van der Waals surface area contributed by atoms with Gasteiger partial charge in [0.2, 0.25) is 0 Å². The van der Waals surface area contributed by atoms with Gasteiger partial charge in [-0.1, -0.05) is 36.3 Å². The zero-order valence-corrected chi connectivity index (χ0v) is 21.9. The number of fused-ring (bicyclic) bond motifs is 2. The second-order valence-electron chi connectivity index (χ2n) is 10.5. The van der Waals surface area contributed by atoms with E-state index in [2.05, 4.69) is 15.0 Å². The van der Waals surface area contributed by atoms with Gasteiger partial charge in [-0.15, -0.1) is 0 Å². The third kappa shape index (κ3) is 6.90. The molecule has 2 aliphatic rings. The first-order valence-electron chi connectivity index (χ1n) is 13.1. The van der Waals surface area contributed by atoms with Crippen molar-refractivity contribution in [2.75, 3.05) is 26.2 Å². The van der Waals surface area contributed by atoms with Crippen LogP contribution in [0.25, 0.3) is 10.9 Å². The first-order chi connectivity index (χ1) is 17.7. The maximum absolute atomic E-state index is 12.9. The SMILES string of the molecule is Cn1cc2ccc(C(=O)CC3CCC(CCN4CCc5nc(OCC(F)(F)F)sc5CC4)CC3)cc2n1. The lowest BCUT2D eigenvalue weighted by atomic mass is 9.78. The number of hydrogen-bond donors (Lipinski definition) is 0. The minimum atomic E-state index is -4.34. The normalized spacial score (nSPS) is 21.1. The Bertz CT molecular complexity index is 1200. The molecule has 200 valence electrons. The van der Waals surface area contributed by atoms with E-state index in [1.165, 1.54) is 24.2 Å². The Kier molecular flexibility index (Phi) is 7.85. The van der Waals surface area contributed by atoms with E-state index in [0.717, 1.165) is 78.8 Å². The van der Waals surface area contributed by atoms with E-state index < -0.39 is 12.8 Å². The summed E-state index contributed by atoms with van der Waals surface area (Å²) in [5.74, 6) is 1.36. The van der Waals surface area contributed by atoms with Gasteiger partial charge in [-0.05, 0) is 50.1 Å². The van der Waals surface area contributed by atoms with Gasteiger partial charge >= 0.3 is 6.18 Å². The molecule has 2 aromatic heterocycles. The standard InChI is InChI=1S/C27H33F3N4O2S/c1-33-16-21-7-6-20(15-23(21)32-33)24(35)14-19-4-2-18(3-5-19)8-11-34-12-9-22-25(10-13-34)37-26(31-22)36-17-27(28,29)30/h6-7,15-16,18-19H,2-5,8-14,17H2,1H3. The van der Waals surface area contributed by atoms with Gasteiger partial charge in [-0.3, -0.25) is 9.48 Å². The Morgan fingerprint density at radius 2 is 1.89 bits per heavy atom. The number of hydrogen-bond acceptors (Lipinski definition) is 6. The molecule has 3 heterocycles. The molecule has 3 aromatic rings. The number of aromatic nitrogens is 3. The maximum Gasteiger partial charge on any atom is 0.422 e. The van der Waals surface area contributed by atoms with E-state index in [0.29, 0.717) is 18.3 Å². The number of Topliss-reactive ketones (excluding diaryl/α,β-unsaturated/α-hetero) is 1. The predicted octanol–water partition coefficient (Wildman–Crippen LogP) is 5.84. The summed E-state index contributed by atoms with van der Waals surface area (Å²) in [5, 5.41) is 5.60. The number of alkyl halides is 3. The van der Waals surface area contributed by atoms with Gasteiger partial charge < -0.3 is 9.64 Å². The smallest absolute Gasteiger partial charge is 0.422 e. The number of carbonyl (C=O) groups is 1. The van der Waals surface area contributed by atoms with Gasteiger partial charge in [-0.25, -0.2) is 4.98 Å². The molecule has 0 unspecified atom stereocenters. The number of nitrogens with zero attached hydrogens (tertiary/aromatic N) is 4. The average molecular weight is 535 g/mol. The van der Waals surface area contributed by atoms with Gasteiger partial charge in [0.1, 0.15) is 0 Å². The second kappa shape index (κ2) is 11.1. The highest BCUT2D eigenvalue weighted by molar-refractivity contribution is 7.13. The molecular formula is C27H33F3N4O2S. The van der Waals surface area contributed by atoms with Crippen molar-refractivity contribution in [1.29, 1.82) is 0 Å². The number of ketones is 1. The Hall–Kier alpha value is -2.46. The zero-order valence-electron chi connectivity index (χ0n) is 21.1. The third-order valence-electron chi connectivity index (χ3n) is 7.68. The number of benzene rings is 1. The van der Waals surface area contributed by atoms with Gasteiger partial charge in [-0.2, -0.15) is 18.3 Å². The van der Waals surface area contributed by atoms with Crippen LogP contribution in [0.1, 0.15) is 59.5 Å².